The first-order chi connectivity index (χ1) is 14.2. The van der Waals surface area contributed by atoms with Crippen LogP contribution in [-0.4, -0.2) is 23.5 Å². The summed E-state index contributed by atoms with van der Waals surface area (Å²) in [6.45, 7) is -0.430. The maximum atomic E-state index is 12.3. The lowest BCUT2D eigenvalue weighted by atomic mass is 10.1. The number of fused-ring (bicyclic) bond motifs is 2. The lowest BCUT2D eigenvalue weighted by Crippen LogP contribution is -2.21. The van der Waals surface area contributed by atoms with Gasteiger partial charge in [-0.15, -0.1) is 11.3 Å². The van der Waals surface area contributed by atoms with Gasteiger partial charge in [0.1, 0.15) is 16.8 Å². The number of para-hydroxylation sites is 1. The average Bonchev–Trinajstić information content (AvgIpc) is 2.90. The second kappa shape index (κ2) is 8.41. The first-order valence-electron chi connectivity index (χ1n) is 9.53. The maximum Gasteiger partial charge on any atom is 0.357 e. The second-order valence-electron chi connectivity index (χ2n) is 6.89. The first kappa shape index (κ1) is 19.1. The fraction of sp³-hybridized carbons (Fsp3) is 0.273. The molecule has 1 N–H and O–H groups in total. The number of pyridine rings is 1. The van der Waals surface area contributed by atoms with E-state index in [1.807, 2.05) is 24.3 Å². The Hall–Kier alpha value is -3.24. The largest absolute Gasteiger partial charge is 0.451 e. The van der Waals surface area contributed by atoms with Crippen molar-refractivity contribution in [1.29, 1.82) is 5.26 Å². The molecule has 0 radical (unpaired) electrons. The number of thiophene rings is 1. The number of nitrogens with one attached hydrogen (secondary N) is 1. The highest BCUT2D eigenvalue weighted by Crippen LogP contribution is 2.36. The molecule has 0 fully saturated rings. The van der Waals surface area contributed by atoms with Crippen LogP contribution in [0, 0.1) is 11.3 Å². The molecule has 1 aliphatic rings. The number of benzene rings is 1. The number of hydrogen-bond donors (Lipinski definition) is 1. The number of aryl methyl sites for hydroxylation is 1. The first-order valence-corrected chi connectivity index (χ1v) is 10.3. The van der Waals surface area contributed by atoms with Crippen LogP contribution in [0.1, 0.15) is 45.8 Å². The Morgan fingerprint density at radius 3 is 2.83 bits per heavy atom. The van der Waals surface area contributed by atoms with Crippen molar-refractivity contribution in [1.82, 2.24) is 4.98 Å². The van der Waals surface area contributed by atoms with Crippen molar-refractivity contribution in [2.24, 2.45) is 0 Å². The van der Waals surface area contributed by atoms with Crippen molar-refractivity contribution in [3.63, 3.8) is 0 Å². The third kappa shape index (κ3) is 4.13. The summed E-state index contributed by atoms with van der Waals surface area (Å²) in [4.78, 5) is 30.0. The number of esters is 1. The minimum Gasteiger partial charge on any atom is -0.451 e. The van der Waals surface area contributed by atoms with Gasteiger partial charge in [-0.05, 0) is 43.4 Å². The van der Waals surface area contributed by atoms with Gasteiger partial charge >= 0.3 is 5.97 Å². The van der Waals surface area contributed by atoms with Crippen LogP contribution in [0.2, 0.25) is 0 Å². The molecule has 146 valence electrons. The maximum absolute atomic E-state index is 12.3. The number of carbonyl (C=O) groups excluding carboxylic acids is 2. The van der Waals surface area contributed by atoms with E-state index < -0.39 is 18.5 Å². The van der Waals surface area contributed by atoms with Gasteiger partial charge in [0.25, 0.3) is 5.91 Å². The third-order valence-electron chi connectivity index (χ3n) is 4.93. The predicted octanol–water partition coefficient (Wildman–Crippen LogP) is 4.23. The Labute approximate surface area is 172 Å². The molecule has 0 saturated heterocycles. The Morgan fingerprint density at radius 2 is 1.97 bits per heavy atom. The zero-order valence-corrected chi connectivity index (χ0v) is 16.6. The fourth-order valence-electron chi connectivity index (χ4n) is 3.50. The second-order valence-corrected chi connectivity index (χ2v) is 8.00. The Balaban J connectivity index is 1.41. The molecule has 2 aromatic heterocycles. The van der Waals surface area contributed by atoms with E-state index in [1.54, 1.807) is 12.1 Å². The summed E-state index contributed by atoms with van der Waals surface area (Å²) in [5.41, 5.74) is 2.44. The number of aromatic nitrogens is 1. The van der Waals surface area contributed by atoms with E-state index in [0.717, 1.165) is 43.1 Å². The van der Waals surface area contributed by atoms with Crippen molar-refractivity contribution in [2.75, 3.05) is 11.9 Å². The van der Waals surface area contributed by atoms with E-state index in [2.05, 4.69) is 16.4 Å². The SMILES string of the molecule is N#Cc1c(NC(=O)COC(=O)c2ccc3ccccc3n2)sc2c1CCCCC2. The van der Waals surface area contributed by atoms with Crippen LogP contribution in [0.4, 0.5) is 5.00 Å². The summed E-state index contributed by atoms with van der Waals surface area (Å²) in [6, 6.07) is 13.0. The van der Waals surface area contributed by atoms with Gasteiger partial charge in [0.2, 0.25) is 0 Å². The average molecular weight is 405 g/mol. The Morgan fingerprint density at radius 1 is 1.14 bits per heavy atom. The standard InChI is InChI=1S/C22H19N3O3S/c23-12-16-15-7-2-1-3-9-19(15)29-21(16)25-20(26)13-28-22(27)18-11-10-14-6-4-5-8-17(14)24-18/h4-6,8,10-11H,1-3,7,9,13H2,(H,25,26). The van der Waals surface area contributed by atoms with Crippen LogP contribution in [0.15, 0.2) is 36.4 Å². The van der Waals surface area contributed by atoms with Crippen molar-refractivity contribution in [3.05, 3.63) is 58.1 Å². The highest BCUT2D eigenvalue weighted by atomic mass is 32.1. The van der Waals surface area contributed by atoms with Crippen LogP contribution >= 0.6 is 11.3 Å². The van der Waals surface area contributed by atoms with Crippen molar-refractivity contribution in [2.45, 2.75) is 32.1 Å². The van der Waals surface area contributed by atoms with Gasteiger partial charge in [-0.25, -0.2) is 9.78 Å². The zero-order chi connectivity index (χ0) is 20.2. The molecule has 3 aromatic rings. The molecule has 0 aliphatic heterocycles. The van der Waals surface area contributed by atoms with Gasteiger partial charge in [0.05, 0.1) is 11.1 Å². The fourth-order valence-corrected chi connectivity index (χ4v) is 4.75. The molecular formula is C22H19N3O3S. The summed E-state index contributed by atoms with van der Waals surface area (Å²) >= 11 is 1.45. The van der Waals surface area contributed by atoms with Gasteiger partial charge in [-0.3, -0.25) is 4.79 Å². The molecule has 0 saturated carbocycles. The molecule has 6 nitrogen and oxygen atoms in total. The molecule has 0 atom stereocenters. The van der Waals surface area contributed by atoms with Crippen LogP contribution < -0.4 is 5.32 Å². The number of hydrogen-bond acceptors (Lipinski definition) is 6. The molecule has 2 heterocycles. The van der Waals surface area contributed by atoms with Gasteiger partial charge in [0, 0.05) is 10.3 Å². The summed E-state index contributed by atoms with van der Waals surface area (Å²) in [6.07, 6.45) is 5.12. The minimum absolute atomic E-state index is 0.150. The van der Waals surface area contributed by atoms with Crippen LogP contribution in [0.5, 0.6) is 0 Å². The third-order valence-corrected chi connectivity index (χ3v) is 6.14. The van der Waals surface area contributed by atoms with Gasteiger partial charge in [-0.1, -0.05) is 30.7 Å². The highest BCUT2D eigenvalue weighted by Gasteiger charge is 2.21. The molecular weight excluding hydrogens is 386 g/mol. The monoisotopic (exact) mass is 405 g/mol. The number of ether oxygens (including phenoxy) is 1. The molecule has 0 spiro atoms. The van der Waals surface area contributed by atoms with Crippen LogP contribution in [-0.2, 0) is 22.4 Å². The molecule has 29 heavy (non-hydrogen) atoms. The number of amides is 1. The predicted molar refractivity (Wildman–Crippen MR) is 111 cm³/mol. The van der Waals surface area contributed by atoms with E-state index >= 15 is 0 Å². The number of rotatable bonds is 4. The molecule has 0 bridgehead atoms. The molecule has 0 unspecified atom stereocenters. The molecule has 1 aromatic carbocycles. The lowest BCUT2D eigenvalue weighted by molar-refractivity contribution is -0.119. The number of nitrogens with zero attached hydrogens (tertiary/aromatic N) is 2. The highest BCUT2D eigenvalue weighted by molar-refractivity contribution is 7.16. The van der Waals surface area contributed by atoms with Gasteiger partial charge in [0.15, 0.2) is 6.61 Å². The van der Waals surface area contributed by atoms with Gasteiger partial charge < -0.3 is 10.1 Å². The van der Waals surface area contributed by atoms with E-state index in [-0.39, 0.29) is 5.69 Å². The normalized spacial score (nSPS) is 13.2. The molecule has 7 heteroatoms. The minimum atomic E-state index is -0.659. The summed E-state index contributed by atoms with van der Waals surface area (Å²) in [5, 5.41) is 13.7. The zero-order valence-electron chi connectivity index (χ0n) is 15.7. The summed E-state index contributed by atoms with van der Waals surface area (Å²) in [7, 11) is 0. The van der Waals surface area contributed by atoms with Crippen molar-refractivity contribution in [3.8, 4) is 6.07 Å². The van der Waals surface area contributed by atoms with E-state index in [1.165, 1.54) is 16.2 Å². The van der Waals surface area contributed by atoms with Crippen LogP contribution in [0.3, 0.4) is 0 Å². The molecule has 1 aliphatic carbocycles. The topological polar surface area (TPSA) is 92.1 Å². The van der Waals surface area contributed by atoms with Crippen LogP contribution in [0.25, 0.3) is 10.9 Å². The number of anilines is 1. The summed E-state index contributed by atoms with van der Waals surface area (Å²) in [5.74, 6) is -1.12. The van der Waals surface area contributed by atoms with Gasteiger partial charge in [-0.2, -0.15) is 5.26 Å². The number of carbonyl (C=O) groups is 2. The van der Waals surface area contributed by atoms with E-state index in [4.69, 9.17) is 4.74 Å². The van der Waals surface area contributed by atoms with Crippen molar-refractivity contribution < 1.29 is 14.3 Å². The molecule has 1 amide bonds. The summed E-state index contributed by atoms with van der Waals surface area (Å²) < 4.78 is 5.11. The Kier molecular flexibility index (Phi) is 5.54. The number of nitriles is 1. The quantitative estimate of drug-likeness (QED) is 0.518. The van der Waals surface area contributed by atoms with E-state index in [0.29, 0.717) is 16.1 Å². The Bertz CT molecular complexity index is 1130. The molecule has 4 rings (SSSR count). The van der Waals surface area contributed by atoms with Crippen molar-refractivity contribution >= 4 is 39.1 Å². The van der Waals surface area contributed by atoms with E-state index in [9.17, 15) is 14.9 Å². The smallest absolute Gasteiger partial charge is 0.357 e. The lowest BCUT2D eigenvalue weighted by Gasteiger charge is -2.06.